The molecule has 3 N–H and O–H groups in total. The molecular formula is C21H23N7O3S. The minimum Gasteiger partial charge on any atom is -0.382 e. The van der Waals surface area contributed by atoms with Gasteiger partial charge in [-0.05, 0) is 31.3 Å². The van der Waals surface area contributed by atoms with Gasteiger partial charge in [0.2, 0.25) is 10.0 Å². The molecule has 32 heavy (non-hydrogen) atoms. The molecular weight excluding hydrogens is 430 g/mol. The van der Waals surface area contributed by atoms with E-state index >= 15 is 0 Å². The molecule has 0 aliphatic carbocycles. The summed E-state index contributed by atoms with van der Waals surface area (Å²) >= 11 is 0. The van der Waals surface area contributed by atoms with E-state index in [1.807, 2.05) is 7.05 Å². The van der Waals surface area contributed by atoms with Crippen LogP contribution in [0.3, 0.4) is 0 Å². The van der Waals surface area contributed by atoms with Crippen LogP contribution in [0.4, 0.5) is 11.6 Å². The Labute approximate surface area is 186 Å². The number of aromatic nitrogens is 3. The monoisotopic (exact) mass is 453 g/mol. The zero-order valence-corrected chi connectivity index (χ0v) is 18.3. The molecule has 1 aliphatic heterocycles. The van der Waals surface area contributed by atoms with E-state index in [-0.39, 0.29) is 16.4 Å². The summed E-state index contributed by atoms with van der Waals surface area (Å²) in [4.78, 5) is 27.3. The number of nitrogens with one attached hydrogen (secondary N) is 1. The molecule has 1 aliphatic rings. The Balaban J connectivity index is 1.55. The van der Waals surface area contributed by atoms with Gasteiger partial charge in [-0.25, -0.2) is 23.4 Å². The first-order chi connectivity index (χ1) is 15.3. The average molecular weight is 454 g/mol. The number of hydrogen-bond donors (Lipinski definition) is 2. The molecule has 0 saturated carbocycles. The molecule has 1 fully saturated rings. The van der Waals surface area contributed by atoms with Crippen LogP contribution in [-0.2, 0) is 10.0 Å². The second kappa shape index (κ2) is 8.99. The maximum atomic E-state index is 12.9. The molecule has 0 atom stereocenters. The lowest BCUT2D eigenvalue weighted by atomic mass is 10.1. The van der Waals surface area contributed by atoms with Gasteiger partial charge in [-0.1, -0.05) is 18.2 Å². The maximum absolute atomic E-state index is 12.9. The van der Waals surface area contributed by atoms with Gasteiger partial charge in [0, 0.05) is 37.9 Å². The van der Waals surface area contributed by atoms with E-state index in [1.165, 1.54) is 22.6 Å². The molecule has 0 bridgehead atoms. The standard InChI is InChI=1S/C21H23N7O3S/c1-27-10-12-28(13-11-27)32(30,31)16-7-5-15(6-8-16)17-14-24-20(22)19(25-17)21(29)26-18-4-2-3-9-23-18/h2-9,14H,10-13H2,1H3,(H2,22,24)(H,23,26,29). The van der Waals surface area contributed by atoms with Gasteiger partial charge in [-0.2, -0.15) is 4.31 Å². The number of likely N-dealkylation sites (N-methyl/N-ethyl adjacent to an activating group) is 1. The van der Waals surface area contributed by atoms with E-state index in [0.29, 0.717) is 43.3 Å². The van der Waals surface area contributed by atoms with Crippen molar-refractivity contribution in [3.05, 3.63) is 60.6 Å². The predicted octanol–water partition coefficient (Wildman–Crippen LogP) is 1.31. The Morgan fingerprint density at radius 2 is 1.75 bits per heavy atom. The highest BCUT2D eigenvalue weighted by atomic mass is 32.2. The first kappa shape index (κ1) is 21.8. The first-order valence-corrected chi connectivity index (χ1v) is 11.4. The van der Waals surface area contributed by atoms with Crippen LogP contribution in [0.5, 0.6) is 0 Å². The number of benzene rings is 1. The molecule has 0 spiro atoms. The van der Waals surface area contributed by atoms with E-state index in [9.17, 15) is 13.2 Å². The van der Waals surface area contributed by atoms with E-state index in [1.54, 1.807) is 36.5 Å². The van der Waals surface area contributed by atoms with Gasteiger partial charge in [0.25, 0.3) is 5.91 Å². The summed E-state index contributed by atoms with van der Waals surface area (Å²) in [5, 5.41) is 2.63. The van der Waals surface area contributed by atoms with Gasteiger partial charge in [0.1, 0.15) is 5.82 Å². The fraction of sp³-hybridized carbons (Fsp3) is 0.238. The SMILES string of the molecule is CN1CCN(S(=O)(=O)c2ccc(-c3cnc(N)c(C(=O)Nc4ccccn4)n3)cc2)CC1. The third kappa shape index (κ3) is 4.59. The van der Waals surface area contributed by atoms with Crippen molar-refractivity contribution in [3.8, 4) is 11.3 Å². The van der Waals surface area contributed by atoms with Crippen LogP contribution >= 0.6 is 0 Å². The van der Waals surface area contributed by atoms with E-state index in [4.69, 9.17) is 5.73 Å². The first-order valence-electron chi connectivity index (χ1n) is 9.98. The van der Waals surface area contributed by atoms with Crippen molar-refractivity contribution < 1.29 is 13.2 Å². The number of rotatable bonds is 5. The van der Waals surface area contributed by atoms with Gasteiger partial charge in [-0.15, -0.1) is 0 Å². The van der Waals surface area contributed by atoms with E-state index in [2.05, 4.69) is 25.2 Å². The van der Waals surface area contributed by atoms with Crippen LogP contribution in [0.2, 0.25) is 0 Å². The zero-order chi connectivity index (χ0) is 22.7. The minimum atomic E-state index is -3.57. The highest BCUT2D eigenvalue weighted by molar-refractivity contribution is 7.89. The Morgan fingerprint density at radius 3 is 2.41 bits per heavy atom. The smallest absolute Gasteiger partial charge is 0.279 e. The Morgan fingerprint density at radius 1 is 1.03 bits per heavy atom. The molecule has 0 unspecified atom stereocenters. The van der Waals surface area contributed by atoms with Crippen LogP contribution in [0.1, 0.15) is 10.5 Å². The molecule has 3 heterocycles. The fourth-order valence-electron chi connectivity index (χ4n) is 3.29. The summed E-state index contributed by atoms with van der Waals surface area (Å²) in [6, 6.07) is 11.5. The van der Waals surface area contributed by atoms with Gasteiger partial charge >= 0.3 is 0 Å². The van der Waals surface area contributed by atoms with Crippen LogP contribution in [0.25, 0.3) is 11.3 Å². The number of piperazine rings is 1. The average Bonchev–Trinajstić information content (AvgIpc) is 2.80. The number of pyridine rings is 1. The lowest BCUT2D eigenvalue weighted by Gasteiger charge is -2.31. The van der Waals surface area contributed by atoms with Crippen LogP contribution in [0.15, 0.2) is 59.8 Å². The number of hydrogen-bond acceptors (Lipinski definition) is 8. The van der Waals surface area contributed by atoms with Crippen molar-refractivity contribution in [1.82, 2.24) is 24.2 Å². The summed E-state index contributed by atoms with van der Waals surface area (Å²) in [6.07, 6.45) is 3.00. The summed E-state index contributed by atoms with van der Waals surface area (Å²) in [6.45, 7) is 2.31. The lowest BCUT2D eigenvalue weighted by Crippen LogP contribution is -2.46. The molecule has 166 valence electrons. The molecule has 1 saturated heterocycles. The normalized spacial score (nSPS) is 15.4. The molecule has 1 aromatic carbocycles. The third-order valence-electron chi connectivity index (χ3n) is 5.17. The number of sulfonamides is 1. The summed E-state index contributed by atoms with van der Waals surface area (Å²) < 4.78 is 27.3. The third-order valence-corrected chi connectivity index (χ3v) is 7.09. The van der Waals surface area contributed by atoms with Gasteiger partial charge in [0.05, 0.1) is 16.8 Å². The van der Waals surface area contributed by atoms with Gasteiger partial charge in [-0.3, -0.25) is 4.79 Å². The second-order valence-electron chi connectivity index (χ2n) is 7.39. The van der Waals surface area contributed by atoms with E-state index in [0.717, 1.165) is 0 Å². The Bertz CT molecular complexity index is 1210. The number of anilines is 2. The summed E-state index contributed by atoms with van der Waals surface area (Å²) in [5.41, 5.74) is 6.82. The van der Waals surface area contributed by atoms with Crippen LogP contribution in [-0.4, -0.2) is 71.7 Å². The van der Waals surface area contributed by atoms with Crippen molar-refractivity contribution >= 4 is 27.6 Å². The predicted molar refractivity (Wildman–Crippen MR) is 120 cm³/mol. The highest BCUT2D eigenvalue weighted by Crippen LogP contribution is 2.23. The molecule has 2 aromatic heterocycles. The van der Waals surface area contributed by atoms with E-state index < -0.39 is 15.9 Å². The number of carbonyl (C=O) groups excluding carboxylic acids is 1. The van der Waals surface area contributed by atoms with Crippen molar-refractivity contribution in [2.45, 2.75) is 4.90 Å². The molecule has 0 radical (unpaired) electrons. The molecule has 1 amide bonds. The molecule has 4 rings (SSSR count). The number of carbonyl (C=O) groups is 1. The zero-order valence-electron chi connectivity index (χ0n) is 17.5. The Hall–Kier alpha value is -3.41. The quantitative estimate of drug-likeness (QED) is 0.590. The van der Waals surface area contributed by atoms with Gasteiger partial charge in [0.15, 0.2) is 11.5 Å². The fourth-order valence-corrected chi connectivity index (χ4v) is 4.71. The van der Waals surface area contributed by atoms with Crippen LogP contribution in [0, 0.1) is 0 Å². The lowest BCUT2D eigenvalue weighted by molar-refractivity contribution is 0.102. The highest BCUT2D eigenvalue weighted by Gasteiger charge is 2.27. The number of nitrogen functional groups attached to an aromatic ring is 1. The molecule has 3 aromatic rings. The van der Waals surface area contributed by atoms with Gasteiger partial charge < -0.3 is 16.0 Å². The van der Waals surface area contributed by atoms with Crippen molar-refractivity contribution in [1.29, 1.82) is 0 Å². The Kier molecular flexibility index (Phi) is 6.12. The molecule has 10 nitrogen and oxygen atoms in total. The number of amides is 1. The van der Waals surface area contributed by atoms with Crippen LogP contribution < -0.4 is 11.1 Å². The summed E-state index contributed by atoms with van der Waals surface area (Å²) in [5.74, 6) is -0.191. The number of nitrogens with two attached hydrogens (primary N) is 1. The maximum Gasteiger partial charge on any atom is 0.279 e. The topological polar surface area (TPSA) is 134 Å². The summed E-state index contributed by atoms with van der Waals surface area (Å²) in [7, 11) is -1.60. The number of nitrogens with zero attached hydrogens (tertiary/aromatic N) is 5. The minimum absolute atomic E-state index is 0.0172. The second-order valence-corrected chi connectivity index (χ2v) is 9.33. The van der Waals surface area contributed by atoms with Crippen molar-refractivity contribution in [2.75, 3.05) is 44.3 Å². The molecule has 11 heteroatoms. The largest absolute Gasteiger partial charge is 0.382 e. The van der Waals surface area contributed by atoms with Crippen molar-refractivity contribution in [2.24, 2.45) is 0 Å². The van der Waals surface area contributed by atoms with Crippen molar-refractivity contribution in [3.63, 3.8) is 0 Å².